The quantitative estimate of drug-likeness (QED) is 0.879. The van der Waals surface area contributed by atoms with E-state index < -0.39 is 0 Å². The molecule has 1 aromatic heterocycles. The Hall–Kier alpha value is -1.36. The number of nitrogen functional groups attached to an aromatic ring is 1. The second-order valence-corrected chi connectivity index (χ2v) is 4.86. The molecule has 0 spiro atoms. The van der Waals surface area contributed by atoms with E-state index in [2.05, 4.69) is 39.9 Å². The Bertz CT molecular complexity index is 524. The van der Waals surface area contributed by atoms with E-state index in [4.69, 9.17) is 10.3 Å². The van der Waals surface area contributed by atoms with Crippen LogP contribution >= 0.6 is 15.9 Å². The second kappa shape index (κ2) is 4.87. The van der Waals surface area contributed by atoms with Gasteiger partial charge in [-0.2, -0.15) is 4.98 Å². The van der Waals surface area contributed by atoms with Crippen LogP contribution in [0.5, 0.6) is 0 Å². The van der Waals surface area contributed by atoms with Crippen LogP contribution in [0.3, 0.4) is 0 Å². The van der Waals surface area contributed by atoms with Gasteiger partial charge in [-0.25, -0.2) is 0 Å². The highest BCUT2D eigenvalue weighted by atomic mass is 79.9. The van der Waals surface area contributed by atoms with Crippen molar-refractivity contribution in [3.63, 3.8) is 0 Å². The predicted octanol–water partition coefficient (Wildman–Crippen LogP) is 3.59. The smallest absolute Gasteiger partial charge is 0.259 e. The highest BCUT2D eigenvalue weighted by Crippen LogP contribution is 2.29. The summed E-state index contributed by atoms with van der Waals surface area (Å²) in [5, 5.41) is 3.99. The molecule has 90 valence electrons. The first-order valence-corrected chi connectivity index (χ1v) is 6.30. The summed E-state index contributed by atoms with van der Waals surface area (Å²) in [6.07, 6.45) is 0.983. The molecule has 2 rings (SSSR count). The highest BCUT2D eigenvalue weighted by Gasteiger charge is 2.15. The zero-order valence-electron chi connectivity index (χ0n) is 9.77. The molecule has 0 aliphatic heterocycles. The SMILES string of the molecule is CCC(C)c1noc(-c2cc(N)ccc2Br)n1. The Balaban J connectivity index is 2.40. The van der Waals surface area contributed by atoms with Gasteiger partial charge in [-0.1, -0.05) is 19.0 Å². The third-order valence-corrected chi connectivity index (χ3v) is 3.41. The molecule has 5 heteroatoms. The van der Waals surface area contributed by atoms with Gasteiger partial charge in [0, 0.05) is 16.1 Å². The maximum absolute atomic E-state index is 5.75. The Morgan fingerprint density at radius 1 is 1.47 bits per heavy atom. The lowest BCUT2D eigenvalue weighted by Gasteiger charge is -2.01. The molecule has 1 aromatic carbocycles. The van der Waals surface area contributed by atoms with Crippen molar-refractivity contribution in [1.29, 1.82) is 0 Å². The maximum atomic E-state index is 5.75. The lowest BCUT2D eigenvalue weighted by atomic mass is 10.1. The van der Waals surface area contributed by atoms with Crippen molar-refractivity contribution in [2.24, 2.45) is 0 Å². The largest absolute Gasteiger partial charge is 0.399 e. The average molecular weight is 296 g/mol. The first kappa shape index (κ1) is 12.1. The molecule has 0 amide bonds. The molecular formula is C12H14BrN3O. The molecule has 2 N–H and O–H groups in total. The van der Waals surface area contributed by atoms with Crippen molar-refractivity contribution in [3.05, 3.63) is 28.5 Å². The summed E-state index contributed by atoms with van der Waals surface area (Å²) in [5.41, 5.74) is 7.25. The molecule has 4 nitrogen and oxygen atoms in total. The van der Waals surface area contributed by atoms with Gasteiger partial charge < -0.3 is 10.3 Å². The molecule has 0 fully saturated rings. The Morgan fingerprint density at radius 2 is 2.24 bits per heavy atom. The number of rotatable bonds is 3. The number of aromatic nitrogens is 2. The second-order valence-electron chi connectivity index (χ2n) is 4.01. The van der Waals surface area contributed by atoms with Crippen molar-refractivity contribution in [3.8, 4) is 11.5 Å². The van der Waals surface area contributed by atoms with Crippen molar-refractivity contribution >= 4 is 21.6 Å². The van der Waals surface area contributed by atoms with Crippen LogP contribution in [0.2, 0.25) is 0 Å². The number of benzene rings is 1. The average Bonchev–Trinajstić information content (AvgIpc) is 2.80. The molecule has 1 unspecified atom stereocenters. The van der Waals surface area contributed by atoms with Gasteiger partial charge in [0.2, 0.25) is 0 Å². The summed E-state index contributed by atoms with van der Waals surface area (Å²) in [6, 6.07) is 5.51. The molecule has 0 bridgehead atoms. The van der Waals surface area contributed by atoms with E-state index in [-0.39, 0.29) is 0 Å². The number of nitrogens with two attached hydrogens (primary N) is 1. The van der Waals surface area contributed by atoms with E-state index in [0.717, 1.165) is 22.3 Å². The topological polar surface area (TPSA) is 64.9 Å². The fourth-order valence-corrected chi connectivity index (χ4v) is 1.85. The molecule has 0 saturated carbocycles. The van der Waals surface area contributed by atoms with E-state index >= 15 is 0 Å². The Kier molecular flexibility index (Phi) is 3.47. The molecule has 0 radical (unpaired) electrons. The number of anilines is 1. The van der Waals surface area contributed by atoms with Gasteiger partial charge in [0.15, 0.2) is 5.82 Å². The van der Waals surface area contributed by atoms with Crippen LogP contribution in [0.4, 0.5) is 5.69 Å². The standard InChI is InChI=1S/C12H14BrN3O/c1-3-7(2)11-15-12(17-16-11)9-6-8(14)4-5-10(9)13/h4-7H,3,14H2,1-2H3. The maximum Gasteiger partial charge on any atom is 0.259 e. The van der Waals surface area contributed by atoms with Crippen LogP contribution in [-0.4, -0.2) is 10.1 Å². The molecule has 2 aromatic rings. The van der Waals surface area contributed by atoms with Gasteiger partial charge in [0.25, 0.3) is 5.89 Å². The summed E-state index contributed by atoms with van der Waals surface area (Å²) < 4.78 is 6.16. The molecule has 17 heavy (non-hydrogen) atoms. The van der Waals surface area contributed by atoms with Gasteiger partial charge >= 0.3 is 0 Å². The van der Waals surface area contributed by atoms with E-state index in [0.29, 0.717) is 17.5 Å². The molecule has 0 aliphatic carbocycles. The summed E-state index contributed by atoms with van der Waals surface area (Å²) in [6.45, 7) is 4.17. The minimum absolute atomic E-state index is 0.298. The summed E-state index contributed by atoms with van der Waals surface area (Å²) >= 11 is 3.45. The number of nitrogens with zero attached hydrogens (tertiary/aromatic N) is 2. The molecular weight excluding hydrogens is 282 g/mol. The fraction of sp³-hybridized carbons (Fsp3) is 0.333. The van der Waals surface area contributed by atoms with Crippen LogP contribution in [0.1, 0.15) is 32.0 Å². The number of hydrogen-bond acceptors (Lipinski definition) is 4. The Morgan fingerprint density at radius 3 is 2.94 bits per heavy atom. The summed E-state index contributed by atoms with van der Waals surface area (Å²) in [7, 11) is 0. The summed E-state index contributed by atoms with van der Waals surface area (Å²) in [4.78, 5) is 4.39. The van der Waals surface area contributed by atoms with Gasteiger partial charge in [0.1, 0.15) is 0 Å². The lowest BCUT2D eigenvalue weighted by molar-refractivity contribution is 0.416. The van der Waals surface area contributed by atoms with Gasteiger partial charge in [0.05, 0.1) is 5.56 Å². The third kappa shape index (κ3) is 2.49. The van der Waals surface area contributed by atoms with E-state index in [1.807, 2.05) is 18.2 Å². The zero-order chi connectivity index (χ0) is 12.4. The summed E-state index contributed by atoms with van der Waals surface area (Å²) in [5.74, 6) is 1.53. The lowest BCUT2D eigenvalue weighted by Crippen LogP contribution is -1.93. The normalized spacial score (nSPS) is 12.6. The minimum Gasteiger partial charge on any atom is -0.399 e. The molecule has 0 aliphatic rings. The van der Waals surface area contributed by atoms with E-state index in [1.54, 1.807) is 0 Å². The fourth-order valence-electron chi connectivity index (χ4n) is 1.43. The van der Waals surface area contributed by atoms with Crippen LogP contribution in [-0.2, 0) is 0 Å². The van der Waals surface area contributed by atoms with Gasteiger partial charge in [-0.3, -0.25) is 0 Å². The third-order valence-electron chi connectivity index (χ3n) is 2.72. The minimum atomic E-state index is 0.298. The monoisotopic (exact) mass is 295 g/mol. The van der Waals surface area contributed by atoms with E-state index in [9.17, 15) is 0 Å². The van der Waals surface area contributed by atoms with Crippen molar-refractivity contribution in [2.75, 3.05) is 5.73 Å². The van der Waals surface area contributed by atoms with Crippen LogP contribution in [0.25, 0.3) is 11.5 Å². The van der Waals surface area contributed by atoms with Gasteiger partial charge in [-0.15, -0.1) is 0 Å². The van der Waals surface area contributed by atoms with Crippen LogP contribution in [0, 0.1) is 0 Å². The number of halogens is 1. The molecule has 0 saturated heterocycles. The van der Waals surface area contributed by atoms with Crippen molar-refractivity contribution in [1.82, 2.24) is 10.1 Å². The Labute approximate surface area is 108 Å². The zero-order valence-corrected chi connectivity index (χ0v) is 11.4. The first-order chi connectivity index (χ1) is 8.11. The van der Waals surface area contributed by atoms with E-state index in [1.165, 1.54) is 0 Å². The van der Waals surface area contributed by atoms with Gasteiger partial charge in [-0.05, 0) is 40.5 Å². The first-order valence-electron chi connectivity index (χ1n) is 5.50. The number of hydrogen-bond donors (Lipinski definition) is 1. The van der Waals surface area contributed by atoms with Crippen LogP contribution in [0.15, 0.2) is 27.2 Å². The highest BCUT2D eigenvalue weighted by molar-refractivity contribution is 9.10. The molecule has 1 atom stereocenters. The predicted molar refractivity (Wildman–Crippen MR) is 70.6 cm³/mol. The van der Waals surface area contributed by atoms with Crippen molar-refractivity contribution in [2.45, 2.75) is 26.2 Å². The molecule has 1 heterocycles. The van der Waals surface area contributed by atoms with Crippen LogP contribution < -0.4 is 5.73 Å². The van der Waals surface area contributed by atoms with Crippen molar-refractivity contribution < 1.29 is 4.52 Å².